The minimum absolute atomic E-state index is 0.120. The Kier molecular flexibility index (Phi) is 3.11. The number of Topliss-reactive ketones (excluding diaryl/α,β-unsaturated/α-hetero) is 1. The summed E-state index contributed by atoms with van der Waals surface area (Å²) < 4.78 is 3.72. The number of aryl methyl sites for hydroxylation is 2. The predicted octanol–water partition coefficient (Wildman–Crippen LogP) is 2.07. The number of aromatic nitrogens is 3. The van der Waals surface area contributed by atoms with E-state index in [1.807, 2.05) is 0 Å². The van der Waals surface area contributed by atoms with Crippen LogP contribution in [0.25, 0.3) is 0 Å². The molecule has 1 amide bonds. The SMILES string of the molecule is Cc1nnsc1C(=O)Nc1nc2c(s1)C(=O)CCC2. The molecule has 0 radical (unpaired) electrons. The Balaban J connectivity index is 1.83. The number of thiazole rings is 1. The van der Waals surface area contributed by atoms with E-state index in [4.69, 9.17) is 0 Å². The lowest BCUT2D eigenvalue weighted by Crippen LogP contribution is -2.11. The zero-order chi connectivity index (χ0) is 13.4. The van der Waals surface area contributed by atoms with E-state index in [9.17, 15) is 9.59 Å². The van der Waals surface area contributed by atoms with Gasteiger partial charge in [0.15, 0.2) is 10.9 Å². The second-order valence-electron chi connectivity index (χ2n) is 4.21. The molecule has 0 aliphatic heterocycles. The van der Waals surface area contributed by atoms with Crippen LogP contribution in [-0.2, 0) is 6.42 Å². The van der Waals surface area contributed by atoms with Crippen LogP contribution in [0.15, 0.2) is 0 Å². The lowest BCUT2D eigenvalue weighted by Gasteiger charge is -2.05. The highest BCUT2D eigenvalue weighted by molar-refractivity contribution is 7.18. The van der Waals surface area contributed by atoms with Gasteiger partial charge < -0.3 is 0 Å². The smallest absolute Gasteiger partial charge is 0.271 e. The zero-order valence-electron chi connectivity index (χ0n) is 10.1. The summed E-state index contributed by atoms with van der Waals surface area (Å²) in [5, 5.41) is 6.97. The molecule has 6 nitrogen and oxygen atoms in total. The van der Waals surface area contributed by atoms with Gasteiger partial charge in [-0.05, 0) is 31.3 Å². The van der Waals surface area contributed by atoms with E-state index in [1.54, 1.807) is 6.92 Å². The molecule has 0 bridgehead atoms. The molecule has 0 saturated heterocycles. The number of anilines is 1. The van der Waals surface area contributed by atoms with Crippen molar-refractivity contribution in [3.05, 3.63) is 21.1 Å². The van der Waals surface area contributed by atoms with Crippen LogP contribution in [0.1, 0.15) is 43.6 Å². The number of amides is 1. The summed E-state index contributed by atoms with van der Waals surface area (Å²) in [6, 6.07) is 0. The van der Waals surface area contributed by atoms with Gasteiger partial charge in [-0.15, -0.1) is 5.10 Å². The largest absolute Gasteiger partial charge is 0.297 e. The third-order valence-corrected chi connectivity index (χ3v) is 4.73. The van der Waals surface area contributed by atoms with Gasteiger partial charge in [0.2, 0.25) is 0 Å². The minimum atomic E-state index is -0.272. The van der Waals surface area contributed by atoms with E-state index in [-0.39, 0.29) is 11.7 Å². The summed E-state index contributed by atoms with van der Waals surface area (Å²) in [6.07, 6.45) is 2.20. The third-order valence-electron chi connectivity index (χ3n) is 2.85. The summed E-state index contributed by atoms with van der Waals surface area (Å²) in [6.45, 7) is 1.73. The zero-order valence-corrected chi connectivity index (χ0v) is 11.7. The number of carbonyl (C=O) groups excluding carboxylic acids is 2. The molecule has 1 N–H and O–H groups in total. The first-order valence-electron chi connectivity index (χ1n) is 5.78. The standard InChI is InChI=1S/C11H10N4O2S2/c1-5-8(19-15-14-5)10(17)13-11-12-6-3-2-4-7(16)9(6)18-11/h2-4H2,1H3,(H,12,13,17). The molecule has 0 saturated carbocycles. The number of nitrogens with one attached hydrogen (secondary N) is 1. The molecule has 19 heavy (non-hydrogen) atoms. The third kappa shape index (κ3) is 2.28. The van der Waals surface area contributed by atoms with Crippen molar-refractivity contribution in [2.24, 2.45) is 0 Å². The number of ketones is 1. The maximum Gasteiger partial charge on any atom is 0.271 e. The van der Waals surface area contributed by atoms with Gasteiger partial charge in [0.05, 0.1) is 16.3 Å². The molecule has 98 valence electrons. The molecule has 1 aliphatic rings. The van der Waals surface area contributed by atoms with Crippen LogP contribution in [0.5, 0.6) is 0 Å². The van der Waals surface area contributed by atoms with E-state index in [0.717, 1.165) is 30.1 Å². The molecule has 0 atom stereocenters. The fourth-order valence-electron chi connectivity index (χ4n) is 1.92. The summed E-state index contributed by atoms with van der Waals surface area (Å²) in [5.41, 5.74) is 1.40. The fraction of sp³-hybridized carbons (Fsp3) is 0.364. The Hall–Kier alpha value is -1.67. The van der Waals surface area contributed by atoms with Gasteiger partial charge in [0.25, 0.3) is 5.91 Å². The van der Waals surface area contributed by atoms with Crippen LogP contribution < -0.4 is 5.32 Å². The highest BCUT2D eigenvalue weighted by Gasteiger charge is 2.23. The average Bonchev–Trinajstić information content (AvgIpc) is 2.95. The maximum absolute atomic E-state index is 12.0. The van der Waals surface area contributed by atoms with Gasteiger partial charge in [-0.25, -0.2) is 4.98 Å². The molecule has 0 unspecified atom stereocenters. The molecule has 0 aromatic carbocycles. The molecule has 0 spiro atoms. The molecule has 2 aromatic heterocycles. The van der Waals surface area contributed by atoms with Crippen LogP contribution in [0, 0.1) is 6.92 Å². The molecule has 3 rings (SSSR count). The summed E-state index contributed by atoms with van der Waals surface area (Å²) in [7, 11) is 0. The number of fused-ring (bicyclic) bond motifs is 1. The topological polar surface area (TPSA) is 84.8 Å². The second kappa shape index (κ2) is 4.78. The van der Waals surface area contributed by atoms with Gasteiger partial charge >= 0.3 is 0 Å². The molecular formula is C11H10N4O2S2. The Bertz CT molecular complexity index is 661. The number of nitrogens with zero attached hydrogens (tertiary/aromatic N) is 3. The first-order chi connectivity index (χ1) is 9.15. The molecule has 8 heteroatoms. The van der Waals surface area contributed by atoms with Crippen molar-refractivity contribution in [2.75, 3.05) is 5.32 Å². The van der Waals surface area contributed by atoms with Crippen molar-refractivity contribution in [3.8, 4) is 0 Å². The molecule has 2 heterocycles. The predicted molar refractivity (Wildman–Crippen MR) is 72.0 cm³/mol. The van der Waals surface area contributed by atoms with E-state index in [1.165, 1.54) is 11.3 Å². The Morgan fingerprint density at radius 3 is 2.89 bits per heavy atom. The van der Waals surface area contributed by atoms with E-state index >= 15 is 0 Å². The van der Waals surface area contributed by atoms with Crippen LogP contribution in [0.4, 0.5) is 5.13 Å². The molecule has 2 aromatic rings. The van der Waals surface area contributed by atoms with Crippen LogP contribution in [0.3, 0.4) is 0 Å². The van der Waals surface area contributed by atoms with Crippen LogP contribution >= 0.6 is 22.9 Å². The van der Waals surface area contributed by atoms with E-state index in [0.29, 0.717) is 27.0 Å². The summed E-state index contributed by atoms with van der Waals surface area (Å²) in [5.74, 6) is -0.152. The van der Waals surface area contributed by atoms with Crippen molar-refractivity contribution in [3.63, 3.8) is 0 Å². The van der Waals surface area contributed by atoms with Gasteiger partial charge in [-0.3, -0.25) is 14.9 Å². The van der Waals surface area contributed by atoms with Crippen LogP contribution in [0.2, 0.25) is 0 Å². The van der Waals surface area contributed by atoms with Crippen molar-refractivity contribution < 1.29 is 9.59 Å². The molecule has 1 aliphatic carbocycles. The first-order valence-corrected chi connectivity index (χ1v) is 7.37. The Labute approximate surface area is 117 Å². The lowest BCUT2D eigenvalue weighted by molar-refractivity contribution is 0.0975. The van der Waals surface area contributed by atoms with Crippen molar-refractivity contribution >= 4 is 39.7 Å². The first kappa shape index (κ1) is 12.4. The van der Waals surface area contributed by atoms with Crippen LogP contribution in [-0.4, -0.2) is 26.3 Å². The minimum Gasteiger partial charge on any atom is -0.297 e. The highest BCUT2D eigenvalue weighted by Crippen LogP contribution is 2.30. The second-order valence-corrected chi connectivity index (χ2v) is 5.97. The Morgan fingerprint density at radius 1 is 1.37 bits per heavy atom. The lowest BCUT2D eigenvalue weighted by atomic mass is 10.0. The van der Waals surface area contributed by atoms with Crippen molar-refractivity contribution in [2.45, 2.75) is 26.2 Å². The highest BCUT2D eigenvalue weighted by atomic mass is 32.1. The monoisotopic (exact) mass is 294 g/mol. The summed E-state index contributed by atoms with van der Waals surface area (Å²) in [4.78, 5) is 29.2. The van der Waals surface area contributed by atoms with E-state index < -0.39 is 0 Å². The average molecular weight is 294 g/mol. The number of hydrogen-bond acceptors (Lipinski definition) is 7. The normalized spacial score (nSPS) is 14.3. The van der Waals surface area contributed by atoms with Gasteiger partial charge in [-0.1, -0.05) is 15.8 Å². The summed E-state index contributed by atoms with van der Waals surface area (Å²) >= 11 is 2.30. The Morgan fingerprint density at radius 2 is 2.21 bits per heavy atom. The quantitative estimate of drug-likeness (QED) is 0.916. The molecular weight excluding hydrogens is 284 g/mol. The van der Waals surface area contributed by atoms with Gasteiger partial charge in [0.1, 0.15) is 4.88 Å². The maximum atomic E-state index is 12.0. The van der Waals surface area contributed by atoms with Gasteiger partial charge in [0, 0.05) is 6.42 Å². The fourth-order valence-corrected chi connectivity index (χ4v) is 3.44. The van der Waals surface area contributed by atoms with E-state index in [2.05, 4.69) is 19.9 Å². The molecule has 0 fully saturated rings. The van der Waals surface area contributed by atoms with Gasteiger partial charge in [-0.2, -0.15) is 0 Å². The number of hydrogen-bond donors (Lipinski definition) is 1. The van der Waals surface area contributed by atoms with Crippen molar-refractivity contribution in [1.29, 1.82) is 0 Å². The van der Waals surface area contributed by atoms with Crippen molar-refractivity contribution in [1.82, 2.24) is 14.6 Å². The number of rotatable bonds is 2. The number of carbonyl (C=O) groups is 2.